The Morgan fingerprint density at radius 3 is 2.70 bits per heavy atom. The van der Waals surface area contributed by atoms with Gasteiger partial charge in [0.1, 0.15) is 6.54 Å². The third-order valence-electron chi connectivity index (χ3n) is 3.11. The molecule has 2 heterocycles. The standard InChI is InChI=1S/C15H21N3OS/c1-15(2,3)13-7-8-18(16-13)11-14(19)17(4)10-12-6-5-9-20-12/h5-9H,10-11H2,1-4H3. The van der Waals surface area contributed by atoms with Crippen molar-refractivity contribution in [2.45, 2.75) is 39.3 Å². The van der Waals surface area contributed by atoms with E-state index in [0.717, 1.165) is 5.69 Å². The van der Waals surface area contributed by atoms with Crippen LogP contribution in [-0.2, 0) is 23.3 Å². The summed E-state index contributed by atoms with van der Waals surface area (Å²) in [6.45, 7) is 7.29. The summed E-state index contributed by atoms with van der Waals surface area (Å²) in [4.78, 5) is 15.1. The molecule has 5 heteroatoms. The van der Waals surface area contributed by atoms with Gasteiger partial charge in [-0.3, -0.25) is 9.48 Å². The van der Waals surface area contributed by atoms with Crippen LogP contribution in [0.1, 0.15) is 31.3 Å². The molecule has 2 rings (SSSR count). The van der Waals surface area contributed by atoms with Crippen molar-refractivity contribution in [3.05, 3.63) is 40.3 Å². The van der Waals surface area contributed by atoms with Gasteiger partial charge in [0, 0.05) is 23.5 Å². The van der Waals surface area contributed by atoms with Crippen molar-refractivity contribution in [3.63, 3.8) is 0 Å². The van der Waals surface area contributed by atoms with Gasteiger partial charge < -0.3 is 4.90 Å². The van der Waals surface area contributed by atoms with Crippen LogP contribution in [0.5, 0.6) is 0 Å². The van der Waals surface area contributed by atoms with Gasteiger partial charge in [-0.25, -0.2) is 0 Å². The molecular weight excluding hydrogens is 270 g/mol. The molecule has 0 radical (unpaired) electrons. The lowest BCUT2D eigenvalue weighted by Crippen LogP contribution is -2.29. The number of thiophene rings is 1. The lowest BCUT2D eigenvalue weighted by molar-refractivity contribution is -0.131. The highest BCUT2D eigenvalue weighted by molar-refractivity contribution is 7.09. The molecular formula is C15H21N3OS. The molecule has 20 heavy (non-hydrogen) atoms. The third kappa shape index (κ3) is 3.70. The fourth-order valence-electron chi connectivity index (χ4n) is 1.83. The first-order valence-electron chi connectivity index (χ1n) is 6.66. The average molecular weight is 291 g/mol. The summed E-state index contributed by atoms with van der Waals surface area (Å²) in [5.74, 6) is 0.0713. The van der Waals surface area contributed by atoms with E-state index in [4.69, 9.17) is 0 Å². The monoisotopic (exact) mass is 291 g/mol. The molecule has 0 bridgehead atoms. The molecule has 0 fully saturated rings. The fourth-order valence-corrected chi connectivity index (χ4v) is 2.59. The van der Waals surface area contributed by atoms with Gasteiger partial charge in [0.15, 0.2) is 0 Å². The summed E-state index contributed by atoms with van der Waals surface area (Å²) in [6.07, 6.45) is 1.87. The first-order valence-corrected chi connectivity index (χ1v) is 7.54. The summed E-state index contributed by atoms with van der Waals surface area (Å²) < 4.78 is 1.72. The van der Waals surface area contributed by atoms with Gasteiger partial charge in [0.25, 0.3) is 0 Å². The third-order valence-corrected chi connectivity index (χ3v) is 3.97. The lowest BCUT2D eigenvalue weighted by Gasteiger charge is -2.17. The van der Waals surface area contributed by atoms with Crippen molar-refractivity contribution in [1.82, 2.24) is 14.7 Å². The summed E-state index contributed by atoms with van der Waals surface area (Å²) in [5.41, 5.74) is 1.02. The number of likely N-dealkylation sites (N-methyl/N-ethyl adjacent to an activating group) is 1. The Morgan fingerprint density at radius 1 is 1.40 bits per heavy atom. The molecule has 0 aliphatic heterocycles. The molecule has 2 aromatic heterocycles. The Morgan fingerprint density at radius 2 is 2.15 bits per heavy atom. The minimum Gasteiger partial charge on any atom is -0.339 e. The number of nitrogens with zero attached hydrogens (tertiary/aromatic N) is 3. The Balaban J connectivity index is 1.95. The summed E-state index contributed by atoms with van der Waals surface area (Å²) in [6, 6.07) is 6.02. The highest BCUT2D eigenvalue weighted by atomic mass is 32.1. The zero-order valence-corrected chi connectivity index (χ0v) is 13.3. The lowest BCUT2D eigenvalue weighted by atomic mass is 9.93. The van der Waals surface area contributed by atoms with Gasteiger partial charge in [0.05, 0.1) is 12.2 Å². The van der Waals surface area contributed by atoms with Crippen molar-refractivity contribution >= 4 is 17.2 Å². The van der Waals surface area contributed by atoms with Crippen LogP contribution in [0.3, 0.4) is 0 Å². The van der Waals surface area contributed by atoms with Crippen LogP contribution in [0, 0.1) is 0 Å². The van der Waals surface area contributed by atoms with E-state index < -0.39 is 0 Å². The number of hydrogen-bond donors (Lipinski definition) is 0. The second-order valence-electron chi connectivity index (χ2n) is 5.98. The van der Waals surface area contributed by atoms with E-state index in [1.807, 2.05) is 36.8 Å². The topological polar surface area (TPSA) is 38.1 Å². The molecule has 0 spiro atoms. The maximum atomic E-state index is 12.2. The minimum absolute atomic E-state index is 0.0111. The Kier molecular flexibility index (Phi) is 4.28. The van der Waals surface area contributed by atoms with Crippen LogP contribution in [0.2, 0.25) is 0 Å². The summed E-state index contributed by atoms with van der Waals surface area (Å²) in [7, 11) is 1.83. The van der Waals surface area contributed by atoms with Gasteiger partial charge in [-0.05, 0) is 17.5 Å². The quantitative estimate of drug-likeness (QED) is 0.868. The van der Waals surface area contributed by atoms with Crippen LogP contribution in [0.15, 0.2) is 29.8 Å². The minimum atomic E-state index is 0.0111. The molecule has 0 atom stereocenters. The normalized spacial score (nSPS) is 11.6. The summed E-state index contributed by atoms with van der Waals surface area (Å²) in [5, 5.41) is 6.50. The number of hydrogen-bond acceptors (Lipinski definition) is 3. The van der Waals surface area contributed by atoms with Crippen molar-refractivity contribution < 1.29 is 4.79 Å². The van der Waals surface area contributed by atoms with Crippen molar-refractivity contribution in [3.8, 4) is 0 Å². The van der Waals surface area contributed by atoms with Crippen molar-refractivity contribution in [2.75, 3.05) is 7.05 Å². The predicted octanol–water partition coefficient (Wildman–Crippen LogP) is 2.90. The molecule has 2 aromatic rings. The van der Waals surface area contributed by atoms with Crippen LogP contribution in [-0.4, -0.2) is 27.6 Å². The van der Waals surface area contributed by atoms with E-state index in [-0.39, 0.29) is 17.9 Å². The zero-order chi connectivity index (χ0) is 14.8. The smallest absolute Gasteiger partial charge is 0.244 e. The molecule has 108 valence electrons. The first-order chi connectivity index (χ1) is 9.36. The molecule has 0 saturated carbocycles. The Labute approximate surface area is 124 Å². The molecule has 4 nitrogen and oxygen atoms in total. The predicted molar refractivity (Wildman–Crippen MR) is 81.7 cm³/mol. The number of carbonyl (C=O) groups is 1. The van der Waals surface area contributed by atoms with Gasteiger partial charge >= 0.3 is 0 Å². The van der Waals surface area contributed by atoms with E-state index in [1.54, 1.807) is 20.9 Å². The SMILES string of the molecule is CN(Cc1cccs1)C(=O)Cn1ccc(C(C)(C)C)n1. The average Bonchev–Trinajstić information content (AvgIpc) is 2.98. The summed E-state index contributed by atoms with van der Waals surface area (Å²) >= 11 is 1.67. The number of aromatic nitrogens is 2. The second-order valence-corrected chi connectivity index (χ2v) is 7.01. The van der Waals surface area contributed by atoms with Gasteiger partial charge in [-0.15, -0.1) is 11.3 Å². The van der Waals surface area contributed by atoms with E-state index in [1.165, 1.54) is 4.88 Å². The zero-order valence-electron chi connectivity index (χ0n) is 12.5. The molecule has 0 unspecified atom stereocenters. The molecule has 0 aromatic carbocycles. The van der Waals surface area contributed by atoms with Gasteiger partial charge in [-0.2, -0.15) is 5.10 Å². The van der Waals surface area contributed by atoms with E-state index in [0.29, 0.717) is 6.54 Å². The van der Waals surface area contributed by atoms with Crippen molar-refractivity contribution in [2.24, 2.45) is 0 Å². The maximum absolute atomic E-state index is 12.2. The first kappa shape index (κ1) is 14.8. The highest BCUT2D eigenvalue weighted by Crippen LogP contribution is 2.19. The molecule has 0 saturated heterocycles. The number of rotatable bonds is 4. The van der Waals surface area contributed by atoms with Crippen LogP contribution in [0.4, 0.5) is 0 Å². The molecule has 0 aliphatic rings. The highest BCUT2D eigenvalue weighted by Gasteiger charge is 2.18. The largest absolute Gasteiger partial charge is 0.339 e. The number of carbonyl (C=O) groups excluding carboxylic acids is 1. The molecule has 0 N–H and O–H groups in total. The number of amides is 1. The van der Waals surface area contributed by atoms with Gasteiger partial charge in [-0.1, -0.05) is 26.8 Å². The Hall–Kier alpha value is -1.62. The maximum Gasteiger partial charge on any atom is 0.244 e. The molecule has 0 aliphatic carbocycles. The van der Waals surface area contributed by atoms with Crippen LogP contribution < -0.4 is 0 Å². The van der Waals surface area contributed by atoms with Crippen LogP contribution in [0.25, 0.3) is 0 Å². The molecule has 1 amide bonds. The fraction of sp³-hybridized carbons (Fsp3) is 0.467. The van der Waals surface area contributed by atoms with E-state index in [2.05, 4.69) is 25.9 Å². The van der Waals surface area contributed by atoms with Crippen molar-refractivity contribution in [1.29, 1.82) is 0 Å². The van der Waals surface area contributed by atoms with Gasteiger partial charge in [0.2, 0.25) is 5.91 Å². The Bertz CT molecular complexity index is 566. The van der Waals surface area contributed by atoms with E-state index >= 15 is 0 Å². The van der Waals surface area contributed by atoms with Crippen LogP contribution >= 0.6 is 11.3 Å². The second kappa shape index (κ2) is 5.79. The van der Waals surface area contributed by atoms with E-state index in [9.17, 15) is 4.79 Å².